The molecule has 0 amide bonds. The first kappa shape index (κ1) is 14.5. The summed E-state index contributed by atoms with van der Waals surface area (Å²) in [6, 6.07) is 6.60. The highest BCUT2D eigenvalue weighted by atomic mass is 15.3. The lowest BCUT2D eigenvalue weighted by atomic mass is 10.1. The van der Waals surface area contributed by atoms with Gasteiger partial charge in [0.1, 0.15) is 22.9 Å². The van der Waals surface area contributed by atoms with E-state index in [1.807, 2.05) is 23.3 Å². The summed E-state index contributed by atoms with van der Waals surface area (Å²) in [4.78, 5) is 9.28. The topological polar surface area (TPSA) is 52.9 Å². The van der Waals surface area contributed by atoms with Crippen LogP contribution in [0, 0.1) is 0 Å². The molecule has 6 nitrogen and oxygen atoms in total. The Labute approximate surface area is 145 Å². The average Bonchev–Trinajstić information content (AvgIpc) is 3.35. The molecule has 1 aliphatic heterocycles. The highest BCUT2D eigenvalue weighted by Gasteiger charge is 2.24. The first-order chi connectivity index (χ1) is 12.2. The maximum atomic E-state index is 4.94. The Kier molecular flexibility index (Phi) is 3.07. The third-order valence-electron chi connectivity index (χ3n) is 4.87. The van der Waals surface area contributed by atoms with E-state index in [0.29, 0.717) is 6.04 Å². The van der Waals surface area contributed by atoms with E-state index in [2.05, 4.69) is 52.2 Å². The number of fused-ring (bicyclic) bond motifs is 2. The van der Waals surface area contributed by atoms with Crippen LogP contribution in [0.15, 0.2) is 43.0 Å². The number of imidazole rings is 2. The van der Waals surface area contributed by atoms with Gasteiger partial charge in [0.05, 0.1) is 5.69 Å². The zero-order valence-electron chi connectivity index (χ0n) is 14.4. The second-order valence-corrected chi connectivity index (χ2v) is 6.87. The predicted octanol–water partition coefficient (Wildman–Crippen LogP) is 3.59. The molecular formula is C19H20N6. The summed E-state index contributed by atoms with van der Waals surface area (Å²) in [5, 5.41) is 4.75. The van der Waals surface area contributed by atoms with Gasteiger partial charge in [-0.2, -0.15) is 5.10 Å². The third-order valence-corrected chi connectivity index (χ3v) is 4.87. The lowest BCUT2D eigenvalue weighted by Crippen LogP contribution is -2.01. The SMILES string of the molecule is CC(C)n1ccc(-c2nc3n(c2-c2ccc4nccn4c2)CCC3)n1. The number of pyridine rings is 1. The average molecular weight is 332 g/mol. The van der Waals surface area contributed by atoms with E-state index in [9.17, 15) is 0 Å². The van der Waals surface area contributed by atoms with Crippen molar-refractivity contribution < 1.29 is 0 Å². The lowest BCUT2D eigenvalue weighted by molar-refractivity contribution is 0.534. The molecular weight excluding hydrogens is 312 g/mol. The molecule has 0 unspecified atom stereocenters. The molecule has 0 N–H and O–H groups in total. The summed E-state index contributed by atoms with van der Waals surface area (Å²) < 4.78 is 6.39. The highest BCUT2D eigenvalue weighted by molar-refractivity contribution is 5.77. The maximum absolute atomic E-state index is 4.94. The number of aromatic nitrogens is 6. The molecule has 5 rings (SSSR count). The largest absolute Gasteiger partial charge is 0.327 e. The van der Waals surface area contributed by atoms with Crippen molar-refractivity contribution in [1.29, 1.82) is 0 Å². The van der Waals surface area contributed by atoms with Crippen molar-refractivity contribution in [3.63, 3.8) is 0 Å². The number of hydrogen-bond acceptors (Lipinski definition) is 3. The molecule has 0 bridgehead atoms. The van der Waals surface area contributed by atoms with Gasteiger partial charge >= 0.3 is 0 Å². The van der Waals surface area contributed by atoms with Gasteiger partial charge in [0, 0.05) is 49.4 Å². The molecule has 0 saturated heterocycles. The van der Waals surface area contributed by atoms with Crippen LogP contribution in [0.3, 0.4) is 0 Å². The molecule has 25 heavy (non-hydrogen) atoms. The van der Waals surface area contributed by atoms with Crippen molar-refractivity contribution in [2.45, 2.75) is 39.3 Å². The standard InChI is InChI=1S/C19H20N6/c1-13(2)25-10-7-15(22-25)18-19(24-9-3-4-17(24)21-18)14-5-6-16-20-8-11-23(16)12-14/h5-8,10-13H,3-4,9H2,1-2H3. The van der Waals surface area contributed by atoms with Crippen LogP contribution in [-0.4, -0.2) is 28.7 Å². The Bertz CT molecular complexity index is 1060. The lowest BCUT2D eigenvalue weighted by Gasteiger charge is -2.08. The molecule has 1 aliphatic rings. The first-order valence-corrected chi connectivity index (χ1v) is 8.79. The summed E-state index contributed by atoms with van der Waals surface area (Å²) in [5.74, 6) is 1.16. The molecule has 0 radical (unpaired) electrons. The maximum Gasteiger partial charge on any atom is 0.136 e. The van der Waals surface area contributed by atoms with Gasteiger partial charge in [0.15, 0.2) is 0 Å². The van der Waals surface area contributed by atoms with E-state index < -0.39 is 0 Å². The van der Waals surface area contributed by atoms with Gasteiger partial charge in [-0.1, -0.05) is 0 Å². The van der Waals surface area contributed by atoms with E-state index in [0.717, 1.165) is 53.5 Å². The minimum Gasteiger partial charge on any atom is -0.327 e. The molecule has 5 heterocycles. The predicted molar refractivity (Wildman–Crippen MR) is 96.3 cm³/mol. The number of nitrogens with zero attached hydrogens (tertiary/aromatic N) is 6. The summed E-state index contributed by atoms with van der Waals surface area (Å²) in [7, 11) is 0. The fourth-order valence-corrected chi connectivity index (χ4v) is 3.61. The van der Waals surface area contributed by atoms with Gasteiger partial charge < -0.3 is 8.97 Å². The fraction of sp³-hybridized carbons (Fsp3) is 0.316. The van der Waals surface area contributed by atoms with E-state index in [-0.39, 0.29) is 0 Å². The van der Waals surface area contributed by atoms with Crippen molar-refractivity contribution in [2.75, 3.05) is 0 Å². The molecule has 0 aromatic carbocycles. The second kappa shape index (κ2) is 5.31. The summed E-state index contributed by atoms with van der Waals surface area (Å²) in [6.45, 7) is 5.29. The van der Waals surface area contributed by atoms with Crippen LogP contribution in [-0.2, 0) is 13.0 Å². The summed E-state index contributed by atoms with van der Waals surface area (Å²) >= 11 is 0. The number of hydrogen-bond donors (Lipinski definition) is 0. The van der Waals surface area contributed by atoms with Crippen LogP contribution in [0.2, 0.25) is 0 Å². The molecule has 6 heteroatoms. The van der Waals surface area contributed by atoms with Crippen molar-refractivity contribution in [1.82, 2.24) is 28.7 Å². The van der Waals surface area contributed by atoms with Crippen molar-refractivity contribution in [3.05, 3.63) is 48.8 Å². The van der Waals surface area contributed by atoms with Gasteiger partial charge in [0.2, 0.25) is 0 Å². The van der Waals surface area contributed by atoms with Gasteiger partial charge in [-0.3, -0.25) is 4.68 Å². The van der Waals surface area contributed by atoms with E-state index in [4.69, 9.17) is 10.1 Å². The minimum absolute atomic E-state index is 0.342. The molecule has 0 saturated carbocycles. The monoisotopic (exact) mass is 332 g/mol. The Hall–Kier alpha value is -2.89. The fourth-order valence-electron chi connectivity index (χ4n) is 3.61. The van der Waals surface area contributed by atoms with Crippen LogP contribution in [0.5, 0.6) is 0 Å². The molecule has 126 valence electrons. The smallest absolute Gasteiger partial charge is 0.136 e. The Morgan fingerprint density at radius 1 is 1.12 bits per heavy atom. The van der Waals surface area contributed by atoms with Crippen LogP contribution < -0.4 is 0 Å². The molecule has 4 aromatic heterocycles. The molecule has 0 atom stereocenters. The molecule has 0 aliphatic carbocycles. The van der Waals surface area contributed by atoms with E-state index >= 15 is 0 Å². The zero-order valence-corrected chi connectivity index (χ0v) is 14.4. The van der Waals surface area contributed by atoms with Gasteiger partial charge in [-0.15, -0.1) is 0 Å². The number of rotatable bonds is 3. The van der Waals surface area contributed by atoms with Crippen molar-refractivity contribution in [2.24, 2.45) is 0 Å². The summed E-state index contributed by atoms with van der Waals surface area (Å²) in [5.41, 5.74) is 5.19. The van der Waals surface area contributed by atoms with Crippen LogP contribution in [0.1, 0.15) is 32.1 Å². The van der Waals surface area contributed by atoms with Gasteiger partial charge in [0.25, 0.3) is 0 Å². The first-order valence-electron chi connectivity index (χ1n) is 8.79. The second-order valence-electron chi connectivity index (χ2n) is 6.87. The van der Waals surface area contributed by atoms with Crippen molar-refractivity contribution >= 4 is 5.65 Å². The normalized spacial score (nSPS) is 13.9. The Balaban J connectivity index is 1.71. The van der Waals surface area contributed by atoms with Crippen molar-refractivity contribution in [3.8, 4) is 22.6 Å². The molecule has 0 spiro atoms. The third kappa shape index (κ3) is 2.21. The minimum atomic E-state index is 0.342. The quantitative estimate of drug-likeness (QED) is 0.576. The Morgan fingerprint density at radius 2 is 2.04 bits per heavy atom. The summed E-state index contributed by atoms with van der Waals surface area (Å²) in [6.07, 6.45) is 10.2. The van der Waals surface area contributed by atoms with Crippen LogP contribution in [0.25, 0.3) is 28.3 Å². The van der Waals surface area contributed by atoms with Crippen LogP contribution in [0.4, 0.5) is 0 Å². The zero-order chi connectivity index (χ0) is 17.0. The van der Waals surface area contributed by atoms with Gasteiger partial charge in [-0.05, 0) is 38.5 Å². The van der Waals surface area contributed by atoms with Gasteiger partial charge in [-0.25, -0.2) is 9.97 Å². The highest BCUT2D eigenvalue weighted by Crippen LogP contribution is 2.35. The number of aryl methyl sites for hydroxylation is 1. The van der Waals surface area contributed by atoms with E-state index in [1.165, 1.54) is 0 Å². The Morgan fingerprint density at radius 3 is 2.88 bits per heavy atom. The van der Waals surface area contributed by atoms with E-state index in [1.54, 1.807) is 0 Å². The van der Waals surface area contributed by atoms with Crippen LogP contribution >= 0.6 is 0 Å². The molecule has 0 fully saturated rings. The molecule has 4 aromatic rings.